The molecular formula is C24H22ClF3N2O4S. The molecule has 1 N–H and O–H groups in total. The minimum atomic E-state index is -4.52. The summed E-state index contributed by atoms with van der Waals surface area (Å²) < 4.78 is 71.9. The third-order valence-corrected chi connectivity index (χ3v) is 7.32. The van der Waals surface area contributed by atoms with Gasteiger partial charge in [0.25, 0.3) is 10.0 Å². The number of sulfonamides is 1. The van der Waals surface area contributed by atoms with Crippen molar-refractivity contribution in [1.82, 2.24) is 0 Å². The van der Waals surface area contributed by atoms with Crippen LogP contribution in [-0.2, 0) is 21.0 Å². The molecule has 3 rings (SSSR count). The average Bonchev–Trinajstić information content (AvgIpc) is 2.79. The number of carbonyl (C=O) groups is 1. The van der Waals surface area contributed by atoms with Crippen molar-refractivity contribution >= 4 is 38.9 Å². The van der Waals surface area contributed by atoms with E-state index in [1.54, 1.807) is 26.0 Å². The van der Waals surface area contributed by atoms with Gasteiger partial charge in [-0.2, -0.15) is 13.2 Å². The van der Waals surface area contributed by atoms with Gasteiger partial charge in [0.05, 0.1) is 18.4 Å². The van der Waals surface area contributed by atoms with Crippen LogP contribution in [0.4, 0.5) is 24.5 Å². The van der Waals surface area contributed by atoms with Gasteiger partial charge in [0.15, 0.2) is 0 Å². The van der Waals surface area contributed by atoms with E-state index >= 15 is 0 Å². The molecule has 0 bridgehead atoms. The van der Waals surface area contributed by atoms with Crippen LogP contribution in [-0.4, -0.2) is 28.0 Å². The molecule has 0 spiro atoms. The Hall–Kier alpha value is -3.24. The maximum atomic E-state index is 13.7. The molecule has 11 heteroatoms. The van der Waals surface area contributed by atoms with Crippen LogP contribution in [0.5, 0.6) is 5.75 Å². The van der Waals surface area contributed by atoms with Crippen LogP contribution >= 0.6 is 11.6 Å². The summed E-state index contributed by atoms with van der Waals surface area (Å²) in [6.07, 6.45) is -4.52. The second kappa shape index (κ2) is 10.2. The zero-order valence-corrected chi connectivity index (χ0v) is 20.6. The number of hydrogen-bond donors (Lipinski definition) is 1. The molecule has 0 heterocycles. The Kier molecular flexibility index (Phi) is 7.66. The summed E-state index contributed by atoms with van der Waals surface area (Å²) in [6.45, 7) is 2.79. The number of rotatable bonds is 7. The summed E-state index contributed by atoms with van der Waals surface area (Å²) >= 11 is 6.22. The van der Waals surface area contributed by atoms with Crippen LogP contribution in [0.2, 0.25) is 5.02 Å². The van der Waals surface area contributed by atoms with Crippen molar-refractivity contribution in [3.63, 3.8) is 0 Å². The molecule has 0 fully saturated rings. The van der Waals surface area contributed by atoms with Gasteiger partial charge >= 0.3 is 6.18 Å². The molecular weight excluding hydrogens is 505 g/mol. The first kappa shape index (κ1) is 26.4. The number of alkyl halides is 3. The summed E-state index contributed by atoms with van der Waals surface area (Å²) in [5.74, 6) is -0.682. The van der Waals surface area contributed by atoms with Gasteiger partial charge in [0, 0.05) is 10.7 Å². The lowest BCUT2D eigenvalue weighted by molar-refractivity contribution is -0.137. The Morgan fingerprint density at radius 3 is 2.26 bits per heavy atom. The molecule has 0 unspecified atom stereocenters. The van der Waals surface area contributed by atoms with Gasteiger partial charge in [-0.25, -0.2) is 8.42 Å². The van der Waals surface area contributed by atoms with E-state index in [1.807, 2.05) is 0 Å². The molecule has 0 aliphatic carbocycles. The van der Waals surface area contributed by atoms with Crippen molar-refractivity contribution in [2.45, 2.75) is 24.9 Å². The fraction of sp³-hybridized carbons (Fsp3) is 0.208. The van der Waals surface area contributed by atoms with E-state index < -0.39 is 34.2 Å². The molecule has 0 aromatic heterocycles. The van der Waals surface area contributed by atoms with Gasteiger partial charge in [-0.3, -0.25) is 9.10 Å². The Balaban J connectivity index is 1.99. The number of nitrogens with zero attached hydrogens (tertiary/aromatic N) is 1. The second-order valence-corrected chi connectivity index (χ2v) is 9.96. The van der Waals surface area contributed by atoms with E-state index in [0.29, 0.717) is 16.1 Å². The molecule has 3 aromatic carbocycles. The highest BCUT2D eigenvalue weighted by atomic mass is 35.5. The molecule has 0 atom stereocenters. The van der Waals surface area contributed by atoms with Gasteiger partial charge in [0.2, 0.25) is 5.91 Å². The number of anilines is 2. The van der Waals surface area contributed by atoms with Crippen molar-refractivity contribution in [2.75, 3.05) is 23.3 Å². The smallest absolute Gasteiger partial charge is 0.416 e. The molecule has 0 aliphatic heterocycles. The minimum absolute atomic E-state index is 0.0791. The van der Waals surface area contributed by atoms with Crippen molar-refractivity contribution in [3.05, 3.63) is 82.4 Å². The Bertz CT molecular complexity index is 1340. The first-order valence-electron chi connectivity index (χ1n) is 10.2. The number of amides is 1. The van der Waals surface area contributed by atoms with Crippen LogP contribution < -0.4 is 14.4 Å². The lowest BCUT2D eigenvalue weighted by Crippen LogP contribution is -2.38. The topological polar surface area (TPSA) is 75.7 Å². The lowest BCUT2D eigenvalue weighted by Gasteiger charge is -2.25. The van der Waals surface area contributed by atoms with Crippen LogP contribution in [0.25, 0.3) is 0 Å². The van der Waals surface area contributed by atoms with E-state index in [-0.39, 0.29) is 22.0 Å². The summed E-state index contributed by atoms with van der Waals surface area (Å²) in [5, 5.41) is 2.73. The third kappa shape index (κ3) is 6.07. The van der Waals surface area contributed by atoms with Crippen molar-refractivity contribution in [2.24, 2.45) is 0 Å². The number of ether oxygens (including phenoxy) is 1. The van der Waals surface area contributed by atoms with Crippen molar-refractivity contribution in [1.29, 1.82) is 0 Å². The number of benzene rings is 3. The second-order valence-electron chi connectivity index (χ2n) is 7.72. The summed E-state index contributed by atoms with van der Waals surface area (Å²) in [4.78, 5) is 12.7. The normalized spacial score (nSPS) is 11.7. The van der Waals surface area contributed by atoms with E-state index in [4.69, 9.17) is 16.3 Å². The monoisotopic (exact) mass is 526 g/mol. The molecule has 1 amide bonds. The number of halogens is 4. The van der Waals surface area contributed by atoms with Gasteiger partial charge in [0.1, 0.15) is 17.2 Å². The number of nitrogens with one attached hydrogen (secondary N) is 1. The molecule has 6 nitrogen and oxygen atoms in total. The predicted octanol–water partition coefficient (Wildman–Crippen LogP) is 5.82. The molecule has 3 aromatic rings. The Morgan fingerprint density at radius 1 is 1.03 bits per heavy atom. The van der Waals surface area contributed by atoms with E-state index in [2.05, 4.69) is 5.32 Å². The van der Waals surface area contributed by atoms with Gasteiger partial charge in [-0.15, -0.1) is 0 Å². The number of hydrogen-bond acceptors (Lipinski definition) is 4. The van der Waals surface area contributed by atoms with Crippen LogP contribution in [0.1, 0.15) is 16.7 Å². The lowest BCUT2D eigenvalue weighted by atomic mass is 10.2. The number of aryl methyl sites for hydroxylation is 2. The summed E-state index contributed by atoms with van der Waals surface area (Å²) in [7, 11) is -2.99. The molecule has 0 saturated heterocycles. The highest BCUT2D eigenvalue weighted by molar-refractivity contribution is 7.93. The molecule has 35 heavy (non-hydrogen) atoms. The zero-order chi connectivity index (χ0) is 26.0. The summed E-state index contributed by atoms with van der Waals surface area (Å²) in [5.41, 5.74) is 0.693. The first-order valence-corrected chi connectivity index (χ1v) is 12.1. The van der Waals surface area contributed by atoms with Crippen molar-refractivity contribution < 1.29 is 31.1 Å². The zero-order valence-electron chi connectivity index (χ0n) is 19.0. The fourth-order valence-corrected chi connectivity index (χ4v) is 5.06. The SMILES string of the molecule is COc1ccc(C)cc1S(=O)(=O)N(CC(=O)Nc1ccc(C(F)(F)F)cc1)c1ccc(C)c(Cl)c1. The van der Waals surface area contributed by atoms with Crippen LogP contribution in [0.15, 0.2) is 65.6 Å². The molecule has 0 saturated carbocycles. The van der Waals surface area contributed by atoms with Crippen LogP contribution in [0, 0.1) is 13.8 Å². The number of carbonyl (C=O) groups excluding carboxylic acids is 1. The molecule has 186 valence electrons. The first-order chi connectivity index (χ1) is 16.3. The average molecular weight is 527 g/mol. The van der Waals surface area contributed by atoms with Gasteiger partial charge in [-0.05, 0) is 73.5 Å². The van der Waals surface area contributed by atoms with E-state index in [1.165, 1.54) is 31.4 Å². The highest BCUT2D eigenvalue weighted by Crippen LogP contribution is 2.33. The van der Waals surface area contributed by atoms with Crippen molar-refractivity contribution in [3.8, 4) is 5.75 Å². The molecule has 0 aliphatic rings. The maximum Gasteiger partial charge on any atom is 0.416 e. The quantitative estimate of drug-likeness (QED) is 0.421. The highest BCUT2D eigenvalue weighted by Gasteiger charge is 2.32. The predicted molar refractivity (Wildman–Crippen MR) is 129 cm³/mol. The van der Waals surface area contributed by atoms with E-state index in [9.17, 15) is 26.4 Å². The third-order valence-electron chi connectivity index (χ3n) is 5.11. The van der Waals surface area contributed by atoms with Crippen LogP contribution in [0.3, 0.4) is 0 Å². The van der Waals surface area contributed by atoms with Gasteiger partial charge < -0.3 is 10.1 Å². The van der Waals surface area contributed by atoms with E-state index in [0.717, 1.165) is 28.6 Å². The Morgan fingerprint density at radius 2 is 1.69 bits per heavy atom. The summed E-state index contributed by atoms with van der Waals surface area (Å²) in [6, 6.07) is 13.0. The van der Waals surface area contributed by atoms with Gasteiger partial charge in [-0.1, -0.05) is 23.7 Å². The standard InChI is InChI=1S/C24H22ClF3N2O4S/c1-15-4-11-21(34-3)22(12-15)35(32,33)30(19-10-5-16(2)20(25)13-19)14-23(31)29-18-8-6-17(7-9-18)24(26,27)28/h4-13H,14H2,1-3H3,(H,29,31). The fourth-order valence-electron chi connectivity index (χ4n) is 3.23. The maximum absolute atomic E-state index is 13.7. The largest absolute Gasteiger partial charge is 0.495 e. The molecule has 0 radical (unpaired) electrons. The Labute approximate surface area is 206 Å². The number of methoxy groups -OCH3 is 1. The minimum Gasteiger partial charge on any atom is -0.495 e.